The van der Waals surface area contributed by atoms with E-state index in [9.17, 15) is 4.79 Å². The number of carbonyl (C=O) groups excluding carboxylic acids is 1. The number of rotatable bonds is 5. The third-order valence-electron chi connectivity index (χ3n) is 1.08. The number of hydrogen-bond acceptors (Lipinski definition) is 2. The van der Waals surface area contributed by atoms with Crippen molar-refractivity contribution >= 4 is 20.7 Å². The Hall–Kier alpha value is 0.148. The molecule has 1 atom stereocenters. The summed E-state index contributed by atoms with van der Waals surface area (Å²) in [4.78, 5) is 10.5. The molecular weight excluding hydrogens is 205 g/mol. The van der Waals surface area contributed by atoms with Crippen LogP contribution in [0.3, 0.4) is 0 Å². The van der Waals surface area contributed by atoms with Gasteiger partial charge in [-0.3, -0.25) is 0 Å². The molecule has 0 aromatic rings. The van der Waals surface area contributed by atoms with Crippen molar-refractivity contribution in [2.24, 2.45) is 0 Å². The third kappa shape index (κ3) is 10.1. The van der Waals surface area contributed by atoms with Gasteiger partial charge >= 0.3 is 74.9 Å². The second-order valence-corrected chi connectivity index (χ2v) is 6.03. The van der Waals surface area contributed by atoms with Gasteiger partial charge in [0.2, 0.25) is 0 Å². The number of nitrogens with zero attached hydrogens (tertiary/aromatic N) is 1. The van der Waals surface area contributed by atoms with Crippen molar-refractivity contribution in [1.82, 2.24) is 0 Å². The van der Waals surface area contributed by atoms with Gasteiger partial charge in [-0.25, -0.2) is 0 Å². The molecule has 0 aromatic carbocycles. The Balaban J connectivity index is 3.22. The molecule has 0 bridgehead atoms. The fourth-order valence-corrected chi connectivity index (χ4v) is 1.30. The molecule has 0 N–H and O–H groups in total. The van der Waals surface area contributed by atoms with Gasteiger partial charge in [0, 0.05) is 0 Å². The molecule has 1 unspecified atom stereocenters. The first-order valence-electron chi connectivity index (χ1n) is 3.60. The summed E-state index contributed by atoms with van der Waals surface area (Å²) in [6, 6.07) is 0. The molecular formula is C7H17AsNO2+. The van der Waals surface area contributed by atoms with Gasteiger partial charge in [0.05, 0.1) is 0 Å². The zero-order chi connectivity index (χ0) is 8.91. The van der Waals surface area contributed by atoms with Crippen LogP contribution in [-0.4, -0.2) is 59.4 Å². The molecule has 0 aliphatic heterocycles. The molecule has 0 rings (SSSR count). The van der Waals surface area contributed by atoms with Crippen LogP contribution in [-0.2, 0) is 8.52 Å². The van der Waals surface area contributed by atoms with E-state index in [4.69, 9.17) is 3.73 Å². The van der Waals surface area contributed by atoms with Crippen molar-refractivity contribution < 1.29 is 13.0 Å². The SMILES string of the molecule is CC(=O)[AsH]OCC[N+](C)(C)C. The van der Waals surface area contributed by atoms with Crippen molar-refractivity contribution in [2.45, 2.75) is 6.92 Å². The van der Waals surface area contributed by atoms with Gasteiger partial charge < -0.3 is 0 Å². The van der Waals surface area contributed by atoms with Crippen LogP contribution in [0.5, 0.6) is 0 Å². The Morgan fingerprint density at radius 2 is 2.00 bits per heavy atom. The second kappa shape index (κ2) is 4.91. The van der Waals surface area contributed by atoms with Crippen molar-refractivity contribution in [2.75, 3.05) is 34.3 Å². The van der Waals surface area contributed by atoms with Crippen molar-refractivity contribution in [3.63, 3.8) is 0 Å². The molecule has 11 heavy (non-hydrogen) atoms. The first-order valence-corrected chi connectivity index (χ1v) is 5.51. The molecule has 0 amide bonds. The van der Waals surface area contributed by atoms with Crippen LogP contribution in [0, 0.1) is 0 Å². The average Bonchev–Trinajstić information content (AvgIpc) is 1.78. The summed E-state index contributed by atoms with van der Waals surface area (Å²) in [6.07, 6.45) is 0. The Kier molecular flexibility index (Phi) is 4.98. The first-order chi connectivity index (χ1) is 4.92. The summed E-state index contributed by atoms with van der Waals surface area (Å²) >= 11 is -0.760. The quantitative estimate of drug-likeness (QED) is 0.359. The normalized spacial score (nSPS) is 12.7. The summed E-state index contributed by atoms with van der Waals surface area (Å²) in [6.45, 7) is 3.27. The monoisotopic (exact) mass is 222 g/mol. The molecule has 0 saturated heterocycles. The summed E-state index contributed by atoms with van der Waals surface area (Å²) < 4.78 is 6.34. The van der Waals surface area contributed by atoms with Gasteiger partial charge in [-0.05, 0) is 0 Å². The van der Waals surface area contributed by atoms with Gasteiger partial charge in [0.25, 0.3) is 0 Å². The number of hydrogen-bond donors (Lipinski definition) is 0. The van der Waals surface area contributed by atoms with Crippen molar-refractivity contribution in [3.8, 4) is 0 Å². The minimum atomic E-state index is -0.760. The predicted octanol–water partition coefficient (Wildman–Crippen LogP) is -0.393. The third-order valence-corrected chi connectivity index (χ3v) is 2.41. The Bertz CT molecular complexity index is 131. The molecule has 3 nitrogen and oxygen atoms in total. The van der Waals surface area contributed by atoms with Crippen molar-refractivity contribution in [1.29, 1.82) is 0 Å². The van der Waals surface area contributed by atoms with E-state index in [1.165, 1.54) is 0 Å². The molecule has 0 saturated carbocycles. The van der Waals surface area contributed by atoms with Crippen LogP contribution in [0.2, 0.25) is 0 Å². The van der Waals surface area contributed by atoms with Crippen LogP contribution < -0.4 is 0 Å². The Morgan fingerprint density at radius 3 is 2.36 bits per heavy atom. The minimum absolute atomic E-state index is 0.214. The van der Waals surface area contributed by atoms with Crippen molar-refractivity contribution in [3.05, 3.63) is 0 Å². The second-order valence-electron chi connectivity index (χ2n) is 3.52. The van der Waals surface area contributed by atoms with Crippen LogP contribution >= 0.6 is 0 Å². The van der Waals surface area contributed by atoms with E-state index in [-0.39, 0.29) is 4.57 Å². The maximum absolute atomic E-state index is 10.5. The van der Waals surface area contributed by atoms with Crippen LogP contribution in [0.15, 0.2) is 0 Å². The molecule has 0 aliphatic rings. The predicted molar refractivity (Wildman–Crippen MR) is 46.7 cm³/mol. The van der Waals surface area contributed by atoms with Crippen LogP contribution in [0.25, 0.3) is 0 Å². The molecule has 0 heterocycles. The van der Waals surface area contributed by atoms with Crippen LogP contribution in [0.4, 0.5) is 0 Å². The molecule has 0 aromatic heterocycles. The van der Waals surface area contributed by atoms with Crippen LogP contribution in [0.1, 0.15) is 6.92 Å². The van der Waals surface area contributed by atoms with Gasteiger partial charge in [0.15, 0.2) is 0 Å². The molecule has 0 spiro atoms. The van der Waals surface area contributed by atoms with Gasteiger partial charge in [0.1, 0.15) is 0 Å². The fourth-order valence-electron chi connectivity index (χ4n) is 0.472. The van der Waals surface area contributed by atoms with Gasteiger partial charge in [-0.15, -0.1) is 0 Å². The fraction of sp³-hybridized carbons (Fsp3) is 0.857. The summed E-state index contributed by atoms with van der Waals surface area (Å²) in [7, 11) is 6.32. The van der Waals surface area contributed by atoms with E-state index in [1.807, 2.05) is 0 Å². The Labute approximate surface area is 75.3 Å². The van der Waals surface area contributed by atoms with Gasteiger partial charge in [-0.1, -0.05) is 0 Å². The first kappa shape index (κ1) is 11.1. The van der Waals surface area contributed by atoms with E-state index >= 15 is 0 Å². The molecule has 0 aliphatic carbocycles. The zero-order valence-electron chi connectivity index (χ0n) is 7.68. The zero-order valence-corrected chi connectivity index (χ0v) is 9.78. The number of quaternary nitrogens is 1. The van der Waals surface area contributed by atoms with E-state index in [1.54, 1.807) is 6.92 Å². The molecule has 66 valence electrons. The van der Waals surface area contributed by atoms with E-state index in [2.05, 4.69) is 21.1 Å². The Morgan fingerprint density at radius 1 is 1.45 bits per heavy atom. The molecule has 4 heteroatoms. The number of likely N-dealkylation sites (N-methyl/N-ethyl adjacent to an activating group) is 1. The summed E-state index contributed by atoms with van der Waals surface area (Å²) in [5.74, 6) is 0. The van der Waals surface area contributed by atoms with E-state index in [0.717, 1.165) is 11.0 Å². The van der Waals surface area contributed by atoms with E-state index < -0.39 is 16.1 Å². The topological polar surface area (TPSA) is 26.3 Å². The maximum atomic E-state index is 10.5. The average molecular weight is 222 g/mol. The number of carbonyl (C=O) groups is 1. The summed E-state index contributed by atoms with van der Waals surface area (Å²) in [5.41, 5.74) is 0. The standard InChI is InChI=1S/C7H17AsNO2/c1-7(10)8-11-6-5-9(2,3)4/h8H,5-6H2,1-4H3/q+1. The van der Waals surface area contributed by atoms with E-state index in [0.29, 0.717) is 6.61 Å². The molecule has 0 radical (unpaired) electrons. The molecule has 0 fully saturated rings. The summed E-state index contributed by atoms with van der Waals surface area (Å²) in [5, 5.41) is 0. The van der Waals surface area contributed by atoms with Gasteiger partial charge in [-0.2, -0.15) is 0 Å².